The number of rotatable bonds is 9. The predicted octanol–water partition coefficient (Wildman–Crippen LogP) is 5.77. The Kier molecular flexibility index (Phi) is 7.43. The monoisotopic (exact) mass is 416 g/mol. The Balaban J connectivity index is 2.72. The van der Waals surface area contributed by atoms with Crippen molar-refractivity contribution in [2.24, 2.45) is 0 Å². The van der Waals surface area contributed by atoms with Gasteiger partial charge < -0.3 is 14.0 Å². The fraction of sp³-hybridized carbons (Fsp3) is 0.391. The third kappa shape index (κ3) is 4.45. The van der Waals surface area contributed by atoms with Crippen LogP contribution in [0.3, 0.4) is 0 Å². The van der Waals surface area contributed by atoms with Gasteiger partial charge in [-0.15, -0.1) is 0 Å². The Morgan fingerprint density at radius 3 is 1.83 bits per heavy atom. The fourth-order valence-electron chi connectivity index (χ4n) is 3.44. The minimum absolute atomic E-state index is 0.0229. The summed E-state index contributed by atoms with van der Waals surface area (Å²) in [5.41, 5.74) is 1.40. The first-order valence-corrected chi connectivity index (χ1v) is 11.6. The summed E-state index contributed by atoms with van der Waals surface area (Å²) in [4.78, 5) is 27.2. The van der Waals surface area contributed by atoms with Crippen LogP contribution in [0, 0.1) is 20.8 Å². The van der Waals surface area contributed by atoms with Gasteiger partial charge in [-0.3, -0.25) is 9.59 Å². The Bertz CT molecular complexity index is 932. The highest BCUT2D eigenvalue weighted by Gasteiger charge is 2.43. The van der Waals surface area contributed by atoms with Gasteiger partial charge in [0, 0.05) is 11.7 Å². The van der Waals surface area contributed by atoms with Crippen molar-refractivity contribution in [1.82, 2.24) is 0 Å². The first-order chi connectivity index (χ1) is 13.7. The third-order valence-corrected chi connectivity index (χ3v) is 7.75. The molecule has 5 nitrogen and oxygen atoms in total. The number of ether oxygens (including phenoxy) is 2. The molecule has 2 aromatic rings. The standard InChI is InChI=1S/C23H29O5P/c1-7-8-12-29(26,22(24)20-16(3)10-9-11-17(20)4)23(25)21-18(27-5)13-15(2)14-19(21)28-6/h9-11,13-14H,7-8,12H2,1-6H3. The van der Waals surface area contributed by atoms with Crippen LogP contribution in [-0.2, 0) is 4.57 Å². The number of unbranched alkanes of at least 4 members (excludes halogenated alkanes) is 1. The van der Waals surface area contributed by atoms with Crippen molar-refractivity contribution >= 4 is 18.2 Å². The highest BCUT2D eigenvalue weighted by molar-refractivity contribution is 7.95. The zero-order valence-corrected chi connectivity index (χ0v) is 18.9. The van der Waals surface area contributed by atoms with Crippen LogP contribution in [0.25, 0.3) is 0 Å². The van der Waals surface area contributed by atoms with Crippen LogP contribution in [0.2, 0.25) is 0 Å². The van der Waals surface area contributed by atoms with E-state index in [1.54, 1.807) is 38.1 Å². The molecule has 2 rings (SSSR count). The molecular formula is C23H29O5P. The minimum atomic E-state index is -3.95. The largest absolute Gasteiger partial charge is 0.496 e. The summed E-state index contributed by atoms with van der Waals surface area (Å²) in [5, 5.41) is 0. The Morgan fingerprint density at radius 1 is 0.897 bits per heavy atom. The molecule has 29 heavy (non-hydrogen) atoms. The molecule has 0 saturated carbocycles. The number of benzene rings is 2. The van der Waals surface area contributed by atoms with Gasteiger partial charge in [-0.25, -0.2) is 0 Å². The Hall–Kier alpha value is -2.39. The lowest BCUT2D eigenvalue weighted by Gasteiger charge is -2.21. The molecule has 0 saturated heterocycles. The summed E-state index contributed by atoms with van der Waals surface area (Å²) in [7, 11) is -1.07. The number of aryl methyl sites for hydroxylation is 3. The first-order valence-electron chi connectivity index (χ1n) is 9.68. The van der Waals surface area contributed by atoms with E-state index in [9.17, 15) is 14.2 Å². The predicted molar refractivity (Wildman–Crippen MR) is 116 cm³/mol. The van der Waals surface area contributed by atoms with E-state index in [2.05, 4.69) is 0 Å². The van der Waals surface area contributed by atoms with E-state index >= 15 is 0 Å². The second-order valence-electron chi connectivity index (χ2n) is 7.24. The number of methoxy groups -OCH3 is 2. The van der Waals surface area contributed by atoms with Gasteiger partial charge in [-0.2, -0.15) is 0 Å². The van der Waals surface area contributed by atoms with Crippen molar-refractivity contribution in [1.29, 1.82) is 0 Å². The number of carbonyl (C=O) groups is 2. The third-order valence-electron chi connectivity index (χ3n) is 5.04. The molecule has 1 unspecified atom stereocenters. The lowest BCUT2D eigenvalue weighted by molar-refractivity contribution is 0.103. The van der Waals surface area contributed by atoms with Crippen LogP contribution >= 0.6 is 7.14 Å². The van der Waals surface area contributed by atoms with Crippen LogP contribution in [0.15, 0.2) is 30.3 Å². The molecule has 156 valence electrons. The quantitative estimate of drug-likeness (QED) is 0.485. The highest BCUT2D eigenvalue weighted by atomic mass is 31.2. The molecular weight excluding hydrogens is 387 g/mol. The SMILES string of the molecule is CCCCP(=O)(C(=O)c1c(C)cccc1C)C(=O)c1c(OC)cc(C)cc1OC. The van der Waals surface area contributed by atoms with E-state index in [-0.39, 0.29) is 23.2 Å². The Morgan fingerprint density at radius 2 is 1.38 bits per heavy atom. The molecule has 0 bridgehead atoms. The van der Waals surface area contributed by atoms with Crippen molar-refractivity contribution in [3.8, 4) is 11.5 Å². The van der Waals surface area contributed by atoms with Gasteiger partial charge in [0.1, 0.15) is 17.1 Å². The molecule has 6 heteroatoms. The molecule has 0 fully saturated rings. The minimum Gasteiger partial charge on any atom is -0.496 e. The summed E-state index contributed by atoms with van der Waals surface area (Å²) in [6.07, 6.45) is 1.25. The van der Waals surface area contributed by atoms with Crippen molar-refractivity contribution in [2.45, 2.75) is 40.5 Å². The summed E-state index contributed by atoms with van der Waals surface area (Å²) >= 11 is 0. The van der Waals surface area contributed by atoms with E-state index < -0.39 is 18.2 Å². The summed E-state index contributed by atoms with van der Waals surface area (Å²) in [5.74, 6) is 0.524. The van der Waals surface area contributed by atoms with Gasteiger partial charge in [0.05, 0.1) is 14.2 Å². The number of hydrogen-bond donors (Lipinski definition) is 0. The van der Waals surface area contributed by atoms with E-state index in [1.165, 1.54) is 14.2 Å². The molecule has 0 aliphatic rings. The molecule has 2 aromatic carbocycles. The van der Waals surface area contributed by atoms with E-state index in [4.69, 9.17) is 9.47 Å². The number of carbonyl (C=O) groups excluding carboxylic acids is 2. The average molecular weight is 416 g/mol. The van der Waals surface area contributed by atoms with Crippen molar-refractivity contribution in [2.75, 3.05) is 20.4 Å². The van der Waals surface area contributed by atoms with Gasteiger partial charge in [-0.05, 0) is 56.0 Å². The molecule has 0 radical (unpaired) electrons. The van der Waals surface area contributed by atoms with Crippen molar-refractivity contribution < 1.29 is 23.6 Å². The van der Waals surface area contributed by atoms with E-state index in [0.717, 1.165) is 12.0 Å². The average Bonchev–Trinajstić information content (AvgIpc) is 2.70. The second-order valence-corrected chi connectivity index (χ2v) is 9.98. The fourth-order valence-corrected chi connectivity index (χ4v) is 6.09. The van der Waals surface area contributed by atoms with Gasteiger partial charge in [-0.1, -0.05) is 31.5 Å². The summed E-state index contributed by atoms with van der Waals surface area (Å²) < 4.78 is 24.9. The topological polar surface area (TPSA) is 69.7 Å². The van der Waals surface area contributed by atoms with Crippen LogP contribution in [0.4, 0.5) is 0 Å². The Labute approximate surface area is 172 Å². The smallest absolute Gasteiger partial charge is 0.236 e. The molecule has 0 amide bonds. The lowest BCUT2D eigenvalue weighted by atomic mass is 10.0. The maximum absolute atomic E-state index is 14.1. The van der Waals surface area contributed by atoms with Crippen molar-refractivity contribution in [3.05, 3.63) is 58.1 Å². The highest BCUT2D eigenvalue weighted by Crippen LogP contribution is 2.55. The maximum Gasteiger partial charge on any atom is 0.236 e. The van der Waals surface area contributed by atoms with Crippen LogP contribution in [0.5, 0.6) is 11.5 Å². The second kappa shape index (κ2) is 9.41. The lowest BCUT2D eigenvalue weighted by Crippen LogP contribution is -2.17. The molecule has 1 atom stereocenters. The molecule has 0 aliphatic carbocycles. The summed E-state index contributed by atoms with van der Waals surface area (Å²) in [6.45, 7) is 7.37. The zero-order valence-electron chi connectivity index (χ0n) is 18.0. The molecule has 0 heterocycles. The van der Waals surface area contributed by atoms with Crippen LogP contribution in [0.1, 0.15) is 57.2 Å². The molecule has 0 N–H and O–H groups in total. The number of hydrogen-bond acceptors (Lipinski definition) is 5. The van der Waals surface area contributed by atoms with Gasteiger partial charge in [0.2, 0.25) is 18.2 Å². The van der Waals surface area contributed by atoms with Gasteiger partial charge in [0.15, 0.2) is 0 Å². The molecule has 0 aromatic heterocycles. The van der Waals surface area contributed by atoms with Crippen molar-refractivity contribution in [3.63, 3.8) is 0 Å². The molecule has 0 spiro atoms. The van der Waals surface area contributed by atoms with E-state index in [0.29, 0.717) is 23.1 Å². The normalized spacial score (nSPS) is 12.9. The van der Waals surface area contributed by atoms with Crippen LogP contribution < -0.4 is 9.47 Å². The zero-order chi connectivity index (χ0) is 21.8. The van der Waals surface area contributed by atoms with Gasteiger partial charge >= 0.3 is 0 Å². The van der Waals surface area contributed by atoms with E-state index in [1.807, 2.05) is 19.9 Å². The van der Waals surface area contributed by atoms with Gasteiger partial charge in [0.25, 0.3) is 0 Å². The summed E-state index contributed by atoms with van der Waals surface area (Å²) in [6, 6.07) is 8.79. The van der Waals surface area contributed by atoms with Crippen LogP contribution in [-0.4, -0.2) is 31.4 Å². The maximum atomic E-state index is 14.1. The molecule has 0 aliphatic heterocycles. The first kappa shape index (κ1) is 22.9.